The highest BCUT2D eigenvalue weighted by Crippen LogP contribution is 2.23. The third kappa shape index (κ3) is 2.28. The maximum atomic E-state index is 13.4. The molecule has 18 heavy (non-hydrogen) atoms. The number of nitrogens with zero attached hydrogens (tertiary/aromatic N) is 1. The first kappa shape index (κ1) is 12.0. The molecule has 0 aliphatic heterocycles. The predicted molar refractivity (Wildman–Crippen MR) is 60.8 cm³/mol. The van der Waals surface area contributed by atoms with E-state index >= 15 is 0 Å². The summed E-state index contributed by atoms with van der Waals surface area (Å²) in [5.74, 6) is -4.07. The van der Waals surface area contributed by atoms with E-state index in [9.17, 15) is 13.2 Å². The molecule has 2 aromatic carbocycles. The molecule has 0 saturated carbocycles. The van der Waals surface area contributed by atoms with Gasteiger partial charge < -0.3 is 5.32 Å². The molecule has 2 rings (SSSR count). The zero-order valence-corrected chi connectivity index (χ0v) is 9.05. The maximum absolute atomic E-state index is 13.4. The van der Waals surface area contributed by atoms with Crippen molar-refractivity contribution in [2.45, 2.75) is 0 Å². The molecule has 0 bridgehead atoms. The van der Waals surface area contributed by atoms with Gasteiger partial charge in [0, 0.05) is 5.69 Å². The minimum Gasteiger partial charge on any atom is -0.353 e. The average Bonchev–Trinajstić information content (AvgIpc) is 2.40. The lowest BCUT2D eigenvalue weighted by atomic mass is 10.2. The third-order valence-electron chi connectivity index (χ3n) is 2.31. The summed E-state index contributed by atoms with van der Waals surface area (Å²) in [6.45, 7) is 0. The highest BCUT2D eigenvalue weighted by molar-refractivity contribution is 5.61. The van der Waals surface area contributed by atoms with E-state index in [1.165, 1.54) is 6.07 Å². The van der Waals surface area contributed by atoms with Crippen molar-refractivity contribution in [2.75, 3.05) is 5.32 Å². The van der Waals surface area contributed by atoms with Crippen LogP contribution in [0.5, 0.6) is 0 Å². The Hall–Kier alpha value is -2.48. The molecule has 2 nitrogen and oxygen atoms in total. The van der Waals surface area contributed by atoms with Crippen LogP contribution in [0.25, 0.3) is 0 Å². The van der Waals surface area contributed by atoms with Gasteiger partial charge in [-0.1, -0.05) is 6.07 Å². The number of nitriles is 1. The lowest BCUT2D eigenvalue weighted by molar-refractivity contribution is 0.449. The number of hydrogen-bond acceptors (Lipinski definition) is 2. The van der Waals surface area contributed by atoms with Crippen LogP contribution in [-0.2, 0) is 0 Å². The van der Waals surface area contributed by atoms with Crippen LogP contribution in [0.15, 0.2) is 36.4 Å². The van der Waals surface area contributed by atoms with E-state index in [1.807, 2.05) is 6.07 Å². The molecule has 0 aliphatic carbocycles. The topological polar surface area (TPSA) is 35.8 Å². The average molecular weight is 248 g/mol. The van der Waals surface area contributed by atoms with Crippen LogP contribution in [0, 0.1) is 28.8 Å². The molecule has 0 spiro atoms. The van der Waals surface area contributed by atoms with Gasteiger partial charge in [-0.3, -0.25) is 0 Å². The summed E-state index contributed by atoms with van der Waals surface area (Å²) in [6.07, 6.45) is 0. The Bertz CT molecular complexity index is 633. The second kappa shape index (κ2) is 4.80. The molecule has 0 atom stereocenters. The third-order valence-corrected chi connectivity index (χ3v) is 2.31. The highest BCUT2D eigenvalue weighted by atomic mass is 19.2. The minimum absolute atomic E-state index is 0.191. The van der Waals surface area contributed by atoms with E-state index in [0.29, 0.717) is 11.3 Å². The summed E-state index contributed by atoms with van der Waals surface area (Å²) >= 11 is 0. The van der Waals surface area contributed by atoms with Crippen LogP contribution in [0.2, 0.25) is 0 Å². The van der Waals surface area contributed by atoms with Gasteiger partial charge in [0.2, 0.25) is 0 Å². The molecule has 0 unspecified atom stereocenters. The van der Waals surface area contributed by atoms with Crippen LogP contribution >= 0.6 is 0 Å². The number of halogens is 3. The molecular weight excluding hydrogens is 241 g/mol. The van der Waals surface area contributed by atoms with Crippen molar-refractivity contribution in [1.82, 2.24) is 0 Å². The van der Waals surface area contributed by atoms with Gasteiger partial charge in [0.15, 0.2) is 17.5 Å². The van der Waals surface area contributed by atoms with Crippen molar-refractivity contribution in [3.05, 3.63) is 59.4 Å². The maximum Gasteiger partial charge on any atom is 0.196 e. The van der Waals surface area contributed by atoms with Gasteiger partial charge in [0.25, 0.3) is 0 Å². The first-order chi connectivity index (χ1) is 8.61. The van der Waals surface area contributed by atoms with Crippen LogP contribution in [0.4, 0.5) is 24.5 Å². The van der Waals surface area contributed by atoms with Gasteiger partial charge >= 0.3 is 0 Å². The molecule has 0 saturated heterocycles. The van der Waals surface area contributed by atoms with Crippen molar-refractivity contribution in [1.29, 1.82) is 5.26 Å². The molecule has 0 aliphatic rings. The first-order valence-corrected chi connectivity index (χ1v) is 5.02. The molecule has 2 aromatic rings. The molecule has 0 heterocycles. The Kier molecular flexibility index (Phi) is 3.20. The van der Waals surface area contributed by atoms with Crippen molar-refractivity contribution in [3.8, 4) is 6.07 Å². The van der Waals surface area contributed by atoms with Gasteiger partial charge in [-0.25, -0.2) is 13.2 Å². The standard InChI is InChI=1S/C13H7F3N2/c14-10-4-5-11(13(16)12(10)15)18-9-3-1-2-8(6-9)7-17/h1-6,18H. The second-order valence-electron chi connectivity index (χ2n) is 3.54. The van der Waals surface area contributed by atoms with Crippen LogP contribution < -0.4 is 5.32 Å². The summed E-state index contributed by atoms with van der Waals surface area (Å²) in [5, 5.41) is 11.3. The Morgan fingerprint density at radius 2 is 1.78 bits per heavy atom. The quantitative estimate of drug-likeness (QED) is 0.822. The minimum atomic E-state index is -1.53. The highest BCUT2D eigenvalue weighted by Gasteiger charge is 2.13. The predicted octanol–water partition coefficient (Wildman–Crippen LogP) is 3.72. The molecule has 0 fully saturated rings. The lowest BCUT2D eigenvalue weighted by Crippen LogP contribution is -1.98. The van der Waals surface area contributed by atoms with Gasteiger partial charge in [-0.15, -0.1) is 0 Å². The van der Waals surface area contributed by atoms with E-state index in [0.717, 1.165) is 12.1 Å². The summed E-state index contributed by atoms with van der Waals surface area (Å²) in [7, 11) is 0. The van der Waals surface area contributed by atoms with E-state index in [1.54, 1.807) is 18.2 Å². The number of benzene rings is 2. The van der Waals surface area contributed by atoms with Crippen molar-refractivity contribution in [2.24, 2.45) is 0 Å². The van der Waals surface area contributed by atoms with Gasteiger partial charge in [0.1, 0.15) is 0 Å². The van der Waals surface area contributed by atoms with Crippen molar-refractivity contribution < 1.29 is 13.2 Å². The Labute approximate surface area is 101 Å². The lowest BCUT2D eigenvalue weighted by Gasteiger charge is -2.08. The van der Waals surface area contributed by atoms with E-state index < -0.39 is 17.5 Å². The zero-order chi connectivity index (χ0) is 13.1. The molecule has 0 radical (unpaired) electrons. The fourth-order valence-electron chi connectivity index (χ4n) is 1.44. The molecule has 0 aromatic heterocycles. The Morgan fingerprint density at radius 1 is 1.00 bits per heavy atom. The number of rotatable bonds is 2. The number of hydrogen-bond donors (Lipinski definition) is 1. The number of anilines is 2. The smallest absolute Gasteiger partial charge is 0.196 e. The summed E-state index contributed by atoms with van der Waals surface area (Å²) in [5.41, 5.74) is 0.603. The molecule has 1 N–H and O–H groups in total. The van der Waals surface area contributed by atoms with E-state index in [4.69, 9.17) is 5.26 Å². The Morgan fingerprint density at radius 3 is 2.50 bits per heavy atom. The van der Waals surface area contributed by atoms with Gasteiger partial charge in [0.05, 0.1) is 17.3 Å². The molecule has 0 amide bonds. The zero-order valence-electron chi connectivity index (χ0n) is 9.05. The fourth-order valence-corrected chi connectivity index (χ4v) is 1.44. The van der Waals surface area contributed by atoms with Gasteiger partial charge in [-0.2, -0.15) is 5.26 Å². The van der Waals surface area contributed by atoms with Crippen LogP contribution in [-0.4, -0.2) is 0 Å². The molecule has 90 valence electrons. The number of nitrogens with one attached hydrogen (secondary N) is 1. The normalized spacial score (nSPS) is 9.89. The monoisotopic (exact) mass is 248 g/mol. The van der Waals surface area contributed by atoms with Gasteiger partial charge in [-0.05, 0) is 30.3 Å². The van der Waals surface area contributed by atoms with E-state index in [-0.39, 0.29) is 5.69 Å². The summed E-state index contributed by atoms with van der Waals surface area (Å²) in [6, 6.07) is 10.1. The fraction of sp³-hybridized carbons (Fsp3) is 0. The molecular formula is C13H7F3N2. The first-order valence-electron chi connectivity index (χ1n) is 5.02. The molecule has 5 heteroatoms. The summed E-state index contributed by atoms with van der Waals surface area (Å²) in [4.78, 5) is 0. The Balaban J connectivity index is 2.35. The van der Waals surface area contributed by atoms with Crippen LogP contribution in [0.1, 0.15) is 5.56 Å². The SMILES string of the molecule is N#Cc1cccc(Nc2ccc(F)c(F)c2F)c1. The largest absolute Gasteiger partial charge is 0.353 e. The van der Waals surface area contributed by atoms with Crippen molar-refractivity contribution >= 4 is 11.4 Å². The van der Waals surface area contributed by atoms with E-state index in [2.05, 4.69) is 5.32 Å². The second-order valence-corrected chi connectivity index (χ2v) is 3.54. The van der Waals surface area contributed by atoms with Crippen LogP contribution in [0.3, 0.4) is 0 Å². The van der Waals surface area contributed by atoms with Crippen molar-refractivity contribution in [3.63, 3.8) is 0 Å². The summed E-state index contributed by atoms with van der Waals surface area (Å²) < 4.78 is 39.1.